The standard InChI is InChI=1S/C20H25FN2O2S/c1-15(2)20(23-11-10-16-6-3-4-7-17(16)14-23)13-22-26(24,25)19-9-5-8-18(21)12-19/h3-9,12,15,20,22H,10-11,13-14H2,1-2H3. The molecule has 0 aromatic heterocycles. The number of nitrogens with zero attached hydrogens (tertiary/aromatic N) is 1. The molecule has 0 spiro atoms. The molecule has 0 radical (unpaired) electrons. The summed E-state index contributed by atoms with van der Waals surface area (Å²) in [6.07, 6.45) is 0.968. The van der Waals surface area contributed by atoms with Gasteiger partial charge in [-0.05, 0) is 41.7 Å². The lowest BCUT2D eigenvalue weighted by atomic mass is 9.95. The molecule has 0 aliphatic carbocycles. The van der Waals surface area contributed by atoms with Gasteiger partial charge in [-0.25, -0.2) is 17.5 Å². The Kier molecular flexibility index (Phi) is 5.75. The van der Waals surface area contributed by atoms with Gasteiger partial charge in [-0.2, -0.15) is 0 Å². The smallest absolute Gasteiger partial charge is 0.240 e. The van der Waals surface area contributed by atoms with Gasteiger partial charge >= 0.3 is 0 Å². The third-order valence-corrected chi connectivity index (χ3v) is 6.41. The molecule has 6 heteroatoms. The van der Waals surface area contributed by atoms with E-state index in [-0.39, 0.29) is 16.9 Å². The predicted molar refractivity (Wildman–Crippen MR) is 101 cm³/mol. The Balaban J connectivity index is 1.72. The number of nitrogens with one attached hydrogen (secondary N) is 1. The fraction of sp³-hybridized carbons (Fsp3) is 0.400. The molecule has 0 amide bonds. The average Bonchev–Trinajstić information content (AvgIpc) is 2.61. The highest BCUT2D eigenvalue weighted by Crippen LogP contribution is 2.23. The monoisotopic (exact) mass is 376 g/mol. The molecule has 1 aliphatic rings. The van der Waals surface area contributed by atoms with Crippen LogP contribution in [0.15, 0.2) is 53.4 Å². The van der Waals surface area contributed by atoms with Gasteiger partial charge in [-0.15, -0.1) is 0 Å². The third kappa shape index (κ3) is 4.31. The van der Waals surface area contributed by atoms with Crippen molar-refractivity contribution in [2.24, 2.45) is 5.92 Å². The van der Waals surface area contributed by atoms with E-state index in [0.29, 0.717) is 6.54 Å². The van der Waals surface area contributed by atoms with E-state index in [1.807, 2.05) is 6.07 Å². The highest BCUT2D eigenvalue weighted by molar-refractivity contribution is 7.89. The predicted octanol–water partition coefficient (Wildman–Crippen LogP) is 3.19. The summed E-state index contributed by atoms with van der Waals surface area (Å²) in [5, 5.41) is 0. The molecular weight excluding hydrogens is 351 g/mol. The van der Waals surface area contributed by atoms with Gasteiger partial charge in [0.15, 0.2) is 0 Å². The topological polar surface area (TPSA) is 49.4 Å². The Morgan fingerprint density at radius 1 is 1.12 bits per heavy atom. The van der Waals surface area contributed by atoms with Crippen LogP contribution in [0.5, 0.6) is 0 Å². The Morgan fingerprint density at radius 3 is 2.54 bits per heavy atom. The lowest BCUT2D eigenvalue weighted by Crippen LogP contribution is -2.48. The molecular formula is C20H25FN2O2S. The molecule has 1 atom stereocenters. The first-order valence-electron chi connectivity index (χ1n) is 8.93. The van der Waals surface area contributed by atoms with Crippen LogP contribution in [0.4, 0.5) is 4.39 Å². The summed E-state index contributed by atoms with van der Waals surface area (Å²) >= 11 is 0. The van der Waals surface area contributed by atoms with E-state index in [1.54, 1.807) is 0 Å². The molecule has 0 saturated carbocycles. The second-order valence-electron chi connectivity index (χ2n) is 7.11. The van der Waals surface area contributed by atoms with E-state index in [0.717, 1.165) is 25.6 Å². The SMILES string of the molecule is CC(C)C(CNS(=O)(=O)c1cccc(F)c1)N1CCc2ccccc2C1. The van der Waals surface area contributed by atoms with Crippen molar-refractivity contribution in [1.82, 2.24) is 9.62 Å². The molecule has 1 unspecified atom stereocenters. The first-order valence-corrected chi connectivity index (χ1v) is 10.4. The van der Waals surface area contributed by atoms with E-state index in [4.69, 9.17) is 0 Å². The van der Waals surface area contributed by atoms with Gasteiger partial charge < -0.3 is 0 Å². The molecule has 2 aromatic rings. The normalized spacial score (nSPS) is 16.5. The maximum Gasteiger partial charge on any atom is 0.240 e. The van der Waals surface area contributed by atoms with Crippen LogP contribution in [0.3, 0.4) is 0 Å². The fourth-order valence-corrected chi connectivity index (χ4v) is 4.58. The second-order valence-corrected chi connectivity index (χ2v) is 8.88. The highest BCUT2D eigenvalue weighted by atomic mass is 32.2. The summed E-state index contributed by atoms with van der Waals surface area (Å²) in [5.74, 6) is -0.267. The maximum atomic E-state index is 13.4. The van der Waals surface area contributed by atoms with Crippen LogP contribution in [0, 0.1) is 11.7 Å². The molecule has 1 N–H and O–H groups in total. The highest BCUT2D eigenvalue weighted by Gasteiger charge is 2.27. The van der Waals surface area contributed by atoms with Gasteiger partial charge in [0.1, 0.15) is 5.82 Å². The first-order chi connectivity index (χ1) is 12.4. The molecule has 26 heavy (non-hydrogen) atoms. The number of halogens is 1. The van der Waals surface area contributed by atoms with Gasteiger partial charge in [-0.3, -0.25) is 4.90 Å². The minimum atomic E-state index is -3.73. The van der Waals surface area contributed by atoms with Crippen molar-refractivity contribution in [1.29, 1.82) is 0 Å². The fourth-order valence-electron chi connectivity index (χ4n) is 3.50. The summed E-state index contributed by atoms with van der Waals surface area (Å²) in [4.78, 5) is 2.30. The van der Waals surface area contributed by atoms with Crippen LogP contribution in [-0.4, -0.2) is 32.4 Å². The minimum absolute atomic E-state index is 0.0380. The van der Waals surface area contributed by atoms with E-state index >= 15 is 0 Å². The number of rotatable bonds is 6. The van der Waals surface area contributed by atoms with Crippen LogP contribution in [-0.2, 0) is 23.0 Å². The summed E-state index contributed by atoms with van der Waals surface area (Å²) in [7, 11) is -3.73. The second kappa shape index (κ2) is 7.86. The molecule has 140 valence electrons. The number of hydrogen-bond donors (Lipinski definition) is 1. The van der Waals surface area contributed by atoms with Crippen molar-refractivity contribution in [3.8, 4) is 0 Å². The van der Waals surface area contributed by atoms with Crippen molar-refractivity contribution in [2.45, 2.75) is 37.8 Å². The van der Waals surface area contributed by atoms with Crippen molar-refractivity contribution < 1.29 is 12.8 Å². The van der Waals surface area contributed by atoms with E-state index in [9.17, 15) is 12.8 Å². The Morgan fingerprint density at radius 2 is 1.85 bits per heavy atom. The van der Waals surface area contributed by atoms with Crippen LogP contribution in [0.2, 0.25) is 0 Å². The molecule has 4 nitrogen and oxygen atoms in total. The number of benzene rings is 2. The van der Waals surface area contributed by atoms with Crippen molar-refractivity contribution in [2.75, 3.05) is 13.1 Å². The van der Waals surface area contributed by atoms with Crippen molar-refractivity contribution in [3.63, 3.8) is 0 Å². The van der Waals surface area contributed by atoms with Gasteiger partial charge in [0.05, 0.1) is 4.90 Å². The van der Waals surface area contributed by atoms with Gasteiger partial charge in [-0.1, -0.05) is 44.2 Å². The number of sulfonamides is 1. The molecule has 0 fully saturated rings. The van der Waals surface area contributed by atoms with Crippen LogP contribution >= 0.6 is 0 Å². The molecule has 1 heterocycles. The number of hydrogen-bond acceptors (Lipinski definition) is 3. The summed E-state index contributed by atoms with van der Waals surface area (Å²) in [6.45, 7) is 6.23. The zero-order valence-electron chi connectivity index (χ0n) is 15.2. The molecule has 3 rings (SSSR count). The van der Waals surface area contributed by atoms with Crippen LogP contribution < -0.4 is 4.72 Å². The summed E-state index contributed by atoms with van der Waals surface area (Å²) < 4.78 is 41.0. The first kappa shape index (κ1) is 19.0. The van der Waals surface area contributed by atoms with Gasteiger partial charge in [0, 0.05) is 25.7 Å². The summed E-state index contributed by atoms with van der Waals surface area (Å²) in [5.41, 5.74) is 2.67. The zero-order chi connectivity index (χ0) is 18.7. The number of fused-ring (bicyclic) bond motifs is 1. The Labute approximate surface area is 155 Å². The molecule has 2 aromatic carbocycles. The Bertz CT molecular complexity index is 868. The molecule has 0 bridgehead atoms. The van der Waals surface area contributed by atoms with Crippen molar-refractivity contribution in [3.05, 3.63) is 65.5 Å². The molecule has 1 aliphatic heterocycles. The van der Waals surface area contributed by atoms with E-state index < -0.39 is 15.8 Å². The Hall–Kier alpha value is -1.76. The van der Waals surface area contributed by atoms with Crippen LogP contribution in [0.1, 0.15) is 25.0 Å². The quantitative estimate of drug-likeness (QED) is 0.842. The van der Waals surface area contributed by atoms with E-state index in [2.05, 4.69) is 41.7 Å². The summed E-state index contributed by atoms with van der Waals surface area (Å²) in [6, 6.07) is 13.6. The largest absolute Gasteiger partial charge is 0.294 e. The minimum Gasteiger partial charge on any atom is -0.294 e. The lowest BCUT2D eigenvalue weighted by molar-refractivity contribution is 0.141. The van der Waals surface area contributed by atoms with Crippen LogP contribution in [0.25, 0.3) is 0 Å². The van der Waals surface area contributed by atoms with Gasteiger partial charge in [0.25, 0.3) is 0 Å². The maximum absolute atomic E-state index is 13.4. The van der Waals surface area contributed by atoms with Crippen molar-refractivity contribution >= 4 is 10.0 Å². The van der Waals surface area contributed by atoms with E-state index in [1.165, 1.54) is 29.3 Å². The zero-order valence-corrected chi connectivity index (χ0v) is 16.0. The third-order valence-electron chi connectivity index (χ3n) is 4.99. The molecule has 0 saturated heterocycles. The van der Waals surface area contributed by atoms with Gasteiger partial charge in [0.2, 0.25) is 10.0 Å². The lowest BCUT2D eigenvalue weighted by Gasteiger charge is -2.38. The average molecular weight is 376 g/mol.